The first-order chi connectivity index (χ1) is 8.17. The first-order valence-electron chi connectivity index (χ1n) is 6.30. The second-order valence-electron chi connectivity index (χ2n) is 4.51. The fourth-order valence-electron chi connectivity index (χ4n) is 2.29. The number of carbonyl (C=O) groups is 1. The second kappa shape index (κ2) is 5.19. The molecule has 94 valence electrons. The fraction of sp³-hybridized carbons (Fsp3) is 0.615. The van der Waals surface area contributed by atoms with Crippen molar-refractivity contribution < 1.29 is 4.79 Å². The molecule has 2 rings (SSSR count). The average molecular weight is 252 g/mol. The summed E-state index contributed by atoms with van der Waals surface area (Å²) in [6, 6.07) is 4.25. The van der Waals surface area contributed by atoms with Crippen molar-refractivity contribution >= 4 is 17.2 Å². The molecule has 0 bridgehead atoms. The lowest BCUT2D eigenvalue weighted by atomic mass is 10.2. The number of aryl methyl sites for hydroxylation is 1. The van der Waals surface area contributed by atoms with Crippen LogP contribution in [0.25, 0.3) is 0 Å². The van der Waals surface area contributed by atoms with Gasteiger partial charge in [-0.15, -0.1) is 11.3 Å². The molecule has 17 heavy (non-hydrogen) atoms. The highest BCUT2D eigenvalue weighted by Crippen LogP contribution is 2.31. The van der Waals surface area contributed by atoms with Crippen LogP contribution in [0, 0.1) is 6.92 Å². The third-order valence-corrected chi connectivity index (χ3v) is 4.21. The number of rotatable bonds is 4. The molecule has 0 aromatic carbocycles. The van der Waals surface area contributed by atoms with Crippen molar-refractivity contribution in [2.24, 2.45) is 0 Å². The molecule has 1 N–H and O–H groups in total. The maximum atomic E-state index is 12.2. The standard InChI is InChI=1S/C13H20N2OS/c1-4-8-15-12(11-7-6-9(3)17-11)14-10(5-2)13(15)16/h6-7,10,12,14H,4-5,8H2,1-3H3. The summed E-state index contributed by atoms with van der Waals surface area (Å²) < 4.78 is 0. The van der Waals surface area contributed by atoms with Crippen molar-refractivity contribution in [1.82, 2.24) is 10.2 Å². The van der Waals surface area contributed by atoms with Gasteiger partial charge >= 0.3 is 0 Å². The number of thiophene rings is 1. The smallest absolute Gasteiger partial charge is 0.241 e. The predicted octanol–water partition coefficient (Wildman–Crippen LogP) is 2.68. The minimum absolute atomic E-state index is 0.00560. The minimum atomic E-state index is -0.00560. The molecule has 1 aliphatic rings. The van der Waals surface area contributed by atoms with E-state index in [0.29, 0.717) is 0 Å². The quantitative estimate of drug-likeness (QED) is 0.893. The van der Waals surface area contributed by atoms with Crippen molar-refractivity contribution in [2.75, 3.05) is 6.54 Å². The maximum absolute atomic E-state index is 12.2. The third kappa shape index (κ3) is 2.38. The number of nitrogens with zero attached hydrogens (tertiary/aromatic N) is 1. The zero-order chi connectivity index (χ0) is 12.4. The van der Waals surface area contributed by atoms with Gasteiger partial charge in [0.2, 0.25) is 5.91 Å². The van der Waals surface area contributed by atoms with Gasteiger partial charge in [-0.3, -0.25) is 10.1 Å². The lowest BCUT2D eigenvalue weighted by Gasteiger charge is -2.22. The summed E-state index contributed by atoms with van der Waals surface area (Å²) in [5.74, 6) is 0.255. The number of hydrogen-bond acceptors (Lipinski definition) is 3. The molecule has 2 atom stereocenters. The maximum Gasteiger partial charge on any atom is 0.241 e. The monoisotopic (exact) mass is 252 g/mol. The van der Waals surface area contributed by atoms with Crippen molar-refractivity contribution in [3.05, 3.63) is 21.9 Å². The highest BCUT2D eigenvalue weighted by molar-refractivity contribution is 7.12. The summed E-state index contributed by atoms with van der Waals surface area (Å²) >= 11 is 1.77. The van der Waals surface area contributed by atoms with Crippen LogP contribution in [-0.2, 0) is 4.79 Å². The fourth-order valence-corrected chi connectivity index (χ4v) is 3.24. The van der Waals surface area contributed by atoms with Crippen LogP contribution in [0.1, 0.15) is 42.6 Å². The SMILES string of the molecule is CCCN1C(=O)C(CC)NC1c1ccc(C)s1. The van der Waals surface area contributed by atoms with Crippen molar-refractivity contribution in [3.63, 3.8) is 0 Å². The molecular weight excluding hydrogens is 232 g/mol. The highest BCUT2D eigenvalue weighted by Gasteiger charge is 2.38. The van der Waals surface area contributed by atoms with Gasteiger partial charge in [-0.25, -0.2) is 0 Å². The minimum Gasteiger partial charge on any atom is -0.321 e. The zero-order valence-corrected chi connectivity index (χ0v) is 11.5. The molecule has 1 saturated heterocycles. The largest absolute Gasteiger partial charge is 0.321 e. The molecule has 0 spiro atoms. The molecular formula is C13H20N2OS. The van der Waals surface area contributed by atoms with Crippen LogP contribution >= 0.6 is 11.3 Å². The normalized spacial score (nSPS) is 24.6. The van der Waals surface area contributed by atoms with Gasteiger partial charge in [-0.05, 0) is 31.9 Å². The van der Waals surface area contributed by atoms with E-state index in [2.05, 4.69) is 38.2 Å². The van der Waals surface area contributed by atoms with E-state index in [-0.39, 0.29) is 18.1 Å². The van der Waals surface area contributed by atoms with E-state index in [1.165, 1.54) is 9.75 Å². The van der Waals surface area contributed by atoms with E-state index in [1.54, 1.807) is 11.3 Å². The highest BCUT2D eigenvalue weighted by atomic mass is 32.1. The Hall–Kier alpha value is -0.870. The summed E-state index contributed by atoms with van der Waals surface area (Å²) in [5.41, 5.74) is 0. The Morgan fingerprint density at radius 1 is 1.41 bits per heavy atom. The Morgan fingerprint density at radius 3 is 2.71 bits per heavy atom. The van der Waals surface area contributed by atoms with E-state index < -0.39 is 0 Å². The Balaban J connectivity index is 2.22. The van der Waals surface area contributed by atoms with Gasteiger partial charge < -0.3 is 4.90 Å². The molecule has 2 unspecified atom stereocenters. The Kier molecular flexibility index (Phi) is 3.84. The van der Waals surface area contributed by atoms with Crippen LogP contribution < -0.4 is 5.32 Å². The molecule has 1 fully saturated rings. The van der Waals surface area contributed by atoms with E-state index in [4.69, 9.17) is 0 Å². The van der Waals surface area contributed by atoms with Gasteiger partial charge in [-0.1, -0.05) is 13.8 Å². The van der Waals surface area contributed by atoms with E-state index in [0.717, 1.165) is 19.4 Å². The molecule has 1 aliphatic heterocycles. The second-order valence-corrected chi connectivity index (χ2v) is 5.83. The summed E-state index contributed by atoms with van der Waals surface area (Å²) in [5, 5.41) is 3.44. The first-order valence-corrected chi connectivity index (χ1v) is 7.11. The van der Waals surface area contributed by atoms with E-state index in [1.807, 2.05) is 4.90 Å². The van der Waals surface area contributed by atoms with E-state index >= 15 is 0 Å². The molecule has 1 aromatic heterocycles. The van der Waals surface area contributed by atoms with Gasteiger partial charge in [0.15, 0.2) is 0 Å². The van der Waals surface area contributed by atoms with Gasteiger partial charge in [0, 0.05) is 16.3 Å². The molecule has 0 saturated carbocycles. The third-order valence-electron chi connectivity index (χ3n) is 3.16. The number of hydrogen-bond donors (Lipinski definition) is 1. The zero-order valence-electron chi connectivity index (χ0n) is 10.7. The molecule has 4 heteroatoms. The molecule has 0 radical (unpaired) electrons. The number of carbonyl (C=O) groups excluding carboxylic acids is 1. The predicted molar refractivity (Wildman–Crippen MR) is 71.0 cm³/mol. The van der Waals surface area contributed by atoms with Crippen LogP contribution in [0.5, 0.6) is 0 Å². The molecule has 1 amide bonds. The molecule has 0 aliphatic carbocycles. The Morgan fingerprint density at radius 2 is 2.18 bits per heavy atom. The van der Waals surface area contributed by atoms with Gasteiger partial charge in [0.1, 0.15) is 6.17 Å². The summed E-state index contributed by atoms with van der Waals surface area (Å²) in [6.07, 6.45) is 1.95. The molecule has 2 heterocycles. The van der Waals surface area contributed by atoms with Gasteiger partial charge in [0.25, 0.3) is 0 Å². The topological polar surface area (TPSA) is 32.3 Å². The van der Waals surface area contributed by atoms with Gasteiger partial charge in [-0.2, -0.15) is 0 Å². The van der Waals surface area contributed by atoms with Crippen LogP contribution in [0.15, 0.2) is 12.1 Å². The van der Waals surface area contributed by atoms with Crippen LogP contribution in [0.4, 0.5) is 0 Å². The molecule has 1 aromatic rings. The summed E-state index contributed by atoms with van der Waals surface area (Å²) in [4.78, 5) is 16.7. The first kappa shape index (κ1) is 12.6. The van der Waals surface area contributed by atoms with Gasteiger partial charge in [0.05, 0.1) is 6.04 Å². The van der Waals surface area contributed by atoms with E-state index in [9.17, 15) is 4.79 Å². The van der Waals surface area contributed by atoms with Crippen LogP contribution in [-0.4, -0.2) is 23.4 Å². The molecule has 3 nitrogen and oxygen atoms in total. The number of nitrogens with one attached hydrogen (secondary N) is 1. The summed E-state index contributed by atoms with van der Waals surface area (Å²) in [7, 11) is 0. The Labute approximate surface area is 107 Å². The van der Waals surface area contributed by atoms with Crippen molar-refractivity contribution in [1.29, 1.82) is 0 Å². The van der Waals surface area contributed by atoms with Crippen molar-refractivity contribution in [3.8, 4) is 0 Å². The lowest BCUT2D eigenvalue weighted by Crippen LogP contribution is -2.31. The van der Waals surface area contributed by atoms with Crippen LogP contribution in [0.3, 0.4) is 0 Å². The Bertz CT molecular complexity index is 402. The summed E-state index contributed by atoms with van der Waals surface area (Å²) in [6.45, 7) is 7.11. The van der Waals surface area contributed by atoms with Crippen molar-refractivity contribution in [2.45, 2.75) is 45.8 Å². The number of amides is 1. The van der Waals surface area contributed by atoms with Crippen LogP contribution in [0.2, 0.25) is 0 Å². The lowest BCUT2D eigenvalue weighted by molar-refractivity contribution is -0.130. The average Bonchev–Trinajstić information content (AvgIpc) is 2.85.